The van der Waals surface area contributed by atoms with E-state index in [0.717, 1.165) is 17.8 Å². The van der Waals surface area contributed by atoms with Crippen LogP contribution in [0.4, 0.5) is 5.69 Å². The first kappa shape index (κ1) is 17.2. The van der Waals surface area contributed by atoms with Crippen LogP contribution in [0.5, 0.6) is 0 Å². The summed E-state index contributed by atoms with van der Waals surface area (Å²) in [5, 5.41) is 0. The van der Waals surface area contributed by atoms with Gasteiger partial charge in [0.1, 0.15) is 0 Å². The number of hydrogen-bond acceptors (Lipinski definition) is 3. The smallest absolute Gasteiger partial charge is 0.250 e. The summed E-state index contributed by atoms with van der Waals surface area (Å²) in [5.41, 5.74) is 1.94. The fraction of sp³-hybridized carbons (Fsp3) is 0.409. The maximum absolute atomic E-state index is 13.2. The molecule has 28 heavy (non-hydrogen) atoms. The topological polar surface area (TPSA) is 62.6 Å². The highest BCUT2D eigenvalue weighted by Crippen LogP contribution is 2.36. The van der Waals surface area contributed by atoms with Gasteiger partial charge in [-0.15, -0.1) is 0 Å². The molecule has 5 rings (SSSR count). The Morgan fingerprint density at radius 1 is 0.893 bits per heavy atom. The molecule has 0 unspecified atom stereocenters. The Balaban J connectivity index is 1.33. The van der Waals surface area contributed by atoms with Crippen molar-refractivity contribution in [2.45, 2.75) is 25.3 Å². The summed E-state index contributed by atoms with van der Waals surface area (Å²) in [6.07, 6.45) is 1.29. The zero-order chi connectivity index (χ0) is 19.3. The monoisotopic (exact) mass is 377 g/mol. The Morgan fingerprint density at radius 2 is 1.71 bits per heavy atom. The summed E-state index contributed by atoms with van der Waals surface area (Å²) in [4.78, 5) is 41.5. The molecule has 3 atom stereocenters. The molecule has 1 aromatic heterocycles. The van der Waals surface area contributed by atoms with Gasteiger partial charge in [0.15, 0.2) is 0 Å². The second-order valence-electron chi connectivity index (χ2n) is 8.18. The largest absolute Gasteiger partial charge is 0.341 e. The highest BCUT2D eigenvalue weighted by molar-refractivity contribution is 6.00. The fourth-order valence-corrected chi connectivity index (χ4v) is 5.07. The van der Waals surface area contributed by atoms with Gasteiger partial charge >= 0.3 is 0 Å². The number of nitrogens with zero attached hydrogens (tertiary/aromatic N) is 3. The van der Waals surface area contributed by atoms with E-state index in [-0.39, 0.29) is 35.6 Å². The minimum absolute atomic E-state index is 0.0126. The Kier molecular flexibility index (Phi) is 4.07. The zero-order valence-corrected chi connectivity index (χ0v) is 15.7. The Morgan fingerprint density at radius 3 is 2.54 bits per heavy atom. The molecule has 2 saturated heterocycles. The summed E-state index contributed by atoms with van der Waals surface area (Å²) in [7, 11) is 0. The average Bonchev–Trinajstić information content (AvgIpc) is 3.10. The standard InChI is InChI=1S/C22H23N3O3/c26-20-8-4-7-19-16-9-15(12-25(19)20)11-23(13-16)22(28)17-10-21(27)24(14-17)18-5-2-1-3-6-18/h1-8,15-17H,9-14H2/t15-,16-,17+/m1/s1. The number of likely N-dealkylation sites (tertiary alicyclic amines) is 1. The van der Waals surface area contributed by atoms with E-state index < -0.39 is 0 Å². The minimum atomic E-state index is -0.288. The predicted molar refractivity (Wildman–Crippen MR) is 105 cm³/mol. The van der Waals surface area contributed by atoms with E-state index >= 15 is 0 Å². The minimum Gasteiger partial charge on any atom is -0.341 e. The van der Waals surface area contributed by atoms with Gasteiger partial charge in [0.2, 0.25) is 11.8 Å². The molecule has 144 valence electrons. The average molecular weight is 377 g/mol. The van der Waals surface area contributed by atoms with Gasteiger partial charge in [0.25, 0.3) is 5.56 Å². The number of amides is 2. The first-order valence-corrected chi connectivity index (χ1v) is 9.94. The van der Waals surface area contributed by atoms with Crippen molar-refractivity contribution in [3.63, 3.8) is 0 Å². The SMILES string of the molecule is O=C([C@H]1CC(=O)N(c2ccccc2)C1)N1C[C@H]2C[C@H](C1)c1cccc(=O)n1C2. The number of aromatic nitrogens is 1. The van der Waals surface area contributed by atoms with E-state index in [1.807, 2.05) is 51.9 Å². The van der Waals surface area contributed by atoms with Gasteiger partial charge in [-0.1, -0.05) is 24.3 Å². The molecular weight excluding hydrogens is 354 g/mol. The third-order valence-electron chi connectivity index (χ3n) is 6.33. The van der Waals surface area contributed by atoms with Gasteiger partial charge in [-0.3, -0.25) is 14.4 Å². The number of fused-ring (bicyclic) bond motifs is 4. The normalized spacial score (nSPS) is 26.3. The molecule has 0 spiro atoms. The first-order valence-electron chi connectivity index (χ1n) is 9.94. The van der Waals surface area contributed by atoms with Crippen LogP contribution in [-0.2, 0) is 16.1 Å². The van der Waals surface area contributed by atoms with E-state index in [1.165, 1.54) is 0 Å². The Labute approximate surface area is 163 Å². The molecule has 2 amide bonds. The molecule has 4 heterocycles. The number of benzene rings is 1. The maximum Gasteiger partial charge on any atom is 0.250 e. The number of carbonyl (C=O) groups excluding carboxylic acids is 2. The lowest BCUT2D eigenvalue weighted by Gasteiger charge is -2.43. The lowest BCUT2D eigenvalue weighted by molar-refractivity contribution is -0.138. The molecule has 2 bridgehead atoms. The number of pyridine rings is 1. The molecule has 3 aliphatic heterocycles. The predicted octanol–water partition coefficient (Wildman–Crippen LogP) is 1.85. The van der Waals surface area contributed by atoms with Crippen LogP contribution >= 0.6 is 0 Å². The molecule has 0 saturated carbocycles. The molecule has 1 aromatic carbocycles. The Bertz CT molecular complexity index is 984. The number of piperidine rings is 1. The van der Waals surface area contributed by atoms with Gasteiger partial charge in [0, 0.05) is 56.0 Å². The third-order valence-corrected chi connectivity index (χ3v) is 6.33. The quantitative estimate of drug-likeness (QED) is 0.802. The number of para-hydroxylation sites is 1. The van der Waals surface area contributed by atoms with Gasteiger partial charge in [-0.25, -0.2) is 0 Å². The van der Waals surface area contributed by atoms with E-state index in [0.29, 0.717) is 32.1 Å². The van der Waals surface area contributed by atoms with E-state index in [9.17, 15) is 14.4 Å². The summed E-state index contributed by atoms with van der Waals surface area (Å²) in [6.45, 7) is 2.43. The van der Waals surface area contributed by atoms with Crippen molar-refractivity contribution < 1.29 is 9.59 Å². The van der Waals surface area contributed by atoms with Crippen molar-refractivity contribution in [3.8, 4) is 0 Å². The van der Waals surface area contributed by atoms with Crippen molar-refractivity contribution in [3.05, 3.63) is 64.6 Å². The van der Waals surface area contributed by atoms with Crippen LogP contribution in [-0.4, -0.2) is 40.9 Å². The Hall–Kier alpha value is -2.89. The van der Waals surface area contributed by atoms with Crippen molar-refractivity contribution in [2.24, 2.45) is 11.8 Å². The van der Waals surface area contributed by atoms with Crippen LogP contribution < -0.4 is 10.5 Å². The van der Waals surface area contributed by atoms with Crippen LogP contribution in [0.1, 0.15) is 24.5 Å². The molecule has 2 aromatic rings. The molecule has 3 aliphatic rings. The van der Waals surface area contributed by atoms with Crippen molar-refractivity contribution in [1.82, 2.24) is 9.47 Å². The van der Waals surface area contributed by atoms with E-state index in [2.05, 4.69) is 0 Å². The highest BCUT2D eigenvalue weighted by atomic mass is 16.2. The van der Waals surface area contributed by atoms with Crippen molar-refractivity contribution in [1.29, 1.82) is 0 Å². The van der Waals surface area contributed by atoms with Crippen LogP contribution in [0, 0.1) is 11.8 Å². The molecule has 6 heteroatoms. The van der Waals surface area contributed by atoms with Gasteiger partial charge < -0.3 is 14.4 Å². The van der Waals surface area contributed by atoms with E-state index in [4.69, 9.17) is 0 Å². The lowest BCUT2D eigenvalue weighted by atomic mass is 9.82. The van der Waals surface area contributed by atoms with Crippen LogP contribution in [0.25, 0.3) is 0 Å². The summed E-state index contributed by atoms with van der Waals surface area (Å²) in [6, 6.07) is 15.0. The molecule has 0 N–H and O–H groups in total. The summed E-state index contributed by atoms with van der Waals surface area (Å²) in [5.74, 6) is 0.307. The number of anilines is 1. The highest BCUT2D eigenvalue weighted by Gasteiger charge is 2.41. The maximum atomic E-state index is 13.2. The zero-order valence-electron chi connectivity index (χ0n) is 15.7. The van der Waals surface area contributed by atoms with Crippen LogP contribution in [0.15, 0.2) is 53.3 Å². The molecule has 2 fully saturated rings. The van der Waals surface area contributed by atoms with Crippen LogP contribution in [0.3, 0.4) is 0 Å². The summed E-state index contributed by atoms with van der Waals surface area (Å²) >= 11 is 0. The van der Waals surface area contributed by atoms with Crippen molar-refractivity contribution >= 4 is 17.5 Å². The lowest BCUT2D eigenvalue weighted by Crippen LogP contribution is -2.50. The van der Waals surface area contributed by atoms with Crippen LogP contribution in [0.2, 0.25) is 0 Å². The molecule has 0 radical (unpaired) electrons. The first-order chi connectivity index (χ1) is 13.6. The molecular formula is C22H23N3O3. The van der Waals surface area contributed by atoms with Gasteiger partial charge in [-0.05, 0) is 30.5 Å². The van der Waals surface area contributed by atoms with Gasteiger partial charge in [0.05, 0.1) is 5.92 Å². The summed E-state index contributed by atoms with van der Waals surface area (Å²) < 4.78 is 1.87. The third kappa shape index (κ3) is 2.84. The number of hydrogen-bond donors (Lipinski definition) is 0. The molecule has 0 aliphatic carbocycles. The second kappa shape index (κ2) is 6.62. The molecule has 6 nitrogen and oxygen atoms in total. The second-order valence-corrected chi connectivity index (χ2v) is 8.18. The van der Waals surface area contributed by atoms with Gasteiger partial charge in [-0.2, -0.15) is 0 Å². The van der Waals surface area contributed by atoms with Crippen molar-refractivity contribution in [2.75, 3.05) is 24.5 Å². The fourth-order valence-electron chi connectivity index (χ4n) is 5.07. The number of rotatable bonds is 2. The van der Waals surface area contributed by atoms with E-state index in [1.54, 1.807) is 11.0 Å². The number of carbonyl (C=O) groups is 2.